The largest absolute Gasteiger partial charge is 0.465 e. The van der Waals surface area contributed by atoms with Crippen LogP contribution < -0.4 is 0 Å². The van der Waals surface area contributed by atoms with Gasteiger partial charge >= 0.3 is 5.97 Å². The van der Waals surface area contributed by atoms with E-state index in [1.807, 2.05) is 13.8 Å². The molecule has 0 radical (unpaired) electrons. The molecule has 0 N–H and O–H groups in total. The summed E-state index contributed by atoms with van der Waals surface area (Å²) in [7, 11) is 0. The molecule has 96 valence electrons. The Morgan fingerprint density at radius 2 is 1.44 bits per heavy atom. The number of ether oxygens (including phenoxy) is 1. The Balaban J connectivity index is 3.07. The Morgan fingerprint density at radius 3 is 1.94 bits per heavy atom. The molecule has 0 spiro atoms. The van der Waals surface area contributed by atoms with Gasteiger partial charge in [0, 0.05) is 0 Å². The highest BCUT2D eigenvalue weighted by atomic mass is 16.5. The highest BCUT2D eigenvalue weighted by Crippen LogP contribution is 2.08. The third-order valence-corrected chi connectivity index (χ3v) is 2.71. The number of carbonyl (C=O) groups excluding carboxylic acids is 1. The normalized spacial score (nSPS) is 10.8. The van der Waals surface area contributed by atoms with Gasteiger partial charge in [0.25, 0.3) is 0 Å². The van der Waals surface area contributed by atoms with Crippen molar-refractivity contribution < 1.29 is 9.53 Å². The molecular formula is C14H28O2. The molecular weight excluding hydrogens is 200 g/mol. The zero-order valence-corrected chi connectivity index (χ0v) is 11.3. The average molecular weight is 228 g/mol. The van der Waals surface area contributed by atoms with Crippen LogP contribution in [0.1, 0.15) is 72.1 Å². The summed E-state index contributed by atoms with van der Waals surface area (Å²) in [5.74, 6) is -0.0583. The van der Waals surface area contributed by atoms with Gasteiger partial charge in [-0.05, 0) is 6.42 Å². The molecule has 0 amide bonds. The predicted molar refractivity (Wildman–Crippen MR) is 68.4 cm³/mol. The minimum absolute atomic E-state index is 0.00837. The summed E-state index contributed by atoms with van der Waals surface area (Å²) in [4.78, 5) is 11.1. The Morgan fingerprint density at radius 1 is 0.938 bits per heavy atom. The first-order valence-electron chi connectivity index (χ1n) is 6.85. The summed E-state index contributed by atoms with van der Waals surface area (Å²) >= 11 is 0. The van der Waals surface area contributed by atoms with Crippen LogP contribution >= 0.6 is 0 Å². The number of carbonyl (C=O) groups is 1. The predicted octanol–water partition coefficient (Wildman–Crippen LogP) is 4.33. The summed E-state index contributed by atoms with van der Waals surface area (Å²) < 4.78 is 5.11. The van der Waals surface area contributed by atoms with E-state index in [-0.39, 0.29) is 11.9 Å². The van der Waals surface area contributed by atoms with Gasteiger partial charge in [-0.1, -0.05) is 65.7 Å². The van der Waals surface area contributed by atoms with E-state index in [1.165, 1.54) is 44.9 Å². The Labute approximate surface area is 101 Å². The smallest absolute Gasteiger partial charge is 0.308 e. The number of esters is 1. The molecule has 0 aromatic carbocycles. The standard InChI is InChI=1S/C14H28O2/c1-4-5-6-7-8-9-10-11-12-16-14(15)13(2)3/h13H,4-12H2,1-3H3. The van der Waals surface area contributed by atoms with E-state index in [4.69, 9.17) is 4.74 Å². The quantitative estimate of drug-likeness (QED) is 0.411. The van der Waals surface area contributed by atoms with Crippen molar-refractivity contribution in [1.29, 1.82) is 0 Å². The highest BCUT2D eigenvalue weighted by molar-refractivity contribution is 5.71. The van der Waals surface area contributed by atoms with Crippen LogP contribution in [0.2, 0.25) is 0 Å². The summed E-state index contributed by atoms with van der Waals surface area (Å²) in [6, 6.07) is 0. The van der Waals surface area contributed by atoms with Gasteiger partial charge in [0.15, 0.2) is 0 Å². The third-order valence-electron chi connectivity index (χ3n) is 2.71. The second-order valence-corrected chi connectivity index (χ2v) is 4.80. The van der Waals surface area contributed by atoms with Gasteiger partial charge < -0.3 is 4.74 Å². The lowest BCUT2D eigenvalue weighted by molar-refractivity contribution is -0.147. The van der Waals surface area contributed by atoms with E-state index in [2.05, 4.69) is 6.92 Å². The van der Waals surface area contributed by atoms with Gasteiger partial charge in [-0.15, -0.1) is 0 Å². The molecule has 0 aliphatic carbocycles. The van der Waals surface area contributed by atoms with E-state index in [1.54, 1.807) is 0 Å². The van der Waals surface area contributed by atoms with Crippen LogP contribution in [0.5, 0.6) is 0 Å². The minimum atomic E-state index is -0.0667. The van der Waals surface area contributed by atoms with Crippen molar-refractivity contribution in [1.82, 2.24) is 0 Å². The summed E-state index contributed by atoms with van der Waals surface area (Å²) in [6.07, 6.45) is 10.2. The number of hydrogen-bond donors (Lipinski definition) is 0. The molecule has 0 aromatic rings. The Hall–Kier alpha value is -0.530. The topological polar surface area (TPSA) is 26.3 Å². The highest BCUT2D eigenvalue weighted by Gasteiger charge is 2.06. The number of unbranched alkanes of at least 4 members (excludes halogenated alkanes) is 7. The van der Waals surface area contributed by atoms with Gasteiger partial charge in [-0.2, -0.15) is 0 Å². The van der Waals surface area contributed by atoms with Gasteiger partial charge in [-0.3, -0.25) is 4.79 Å². The molecule has 16 heavy (non-hydrogen) atoms. The second-order valence-electron chi connectivity index (χ2n) is 4.80. The maximum Gasteiger partial charge on any atom is 0.308 e. The molecule has 2 heteroatoms. The molecule has 0 rings (SSSR count). The molecule has 0 atom stereocenters. The number of rotatable bonds is 10. The third kappa shape index (κ3) is 10.0. The van der Waals surface area contributed by atoms with E-state index >= 15 is 0 Å². The second kappa shape index (κ2) is 11.0. The molecule has 0 heterocycles. The van der Waals surface area contributed by atoms with Crippen molar-refractivity contribution in [2.75, 3.05) is 6.61 Å². The van der Waals surface area contributed by atoms with Crippen LogP contribution in [0.3, 0.4) is 0 Å². The molecule has 0 aromatic heterocycles. The molecule has 2 nitrogen and oxygen atoms in total. The fourth-order valence-corrected chi connectivity index (χ4v) is 1.58. The van der Waals surface area contributed by atoms with Gasteiger partial charge in [-0.25, -0.2) is 0 Å². The Kier molecular flexibility index (Phi) is 10.6. The van der Waals surface area contributed by atoms with Crippen molar-refractivity contribution in [3.8, 4) is 0 Å². The Bertz CT molecular complexity index is 164. The first-order chi connectivity index (χ1) is 7.68. The fraction of sp³-hybridized carbons (Fsp3) is 0.929. The van der Waals surface area contributed by atoms with Crippen LogP contribution in [-0.2, 0) is 9.53 Å². The molecule has 0 fully saturated rings. The zero-order valence-electron chi connectivity index (χ0n) is 11.3. The maximum atomic E-state index is 11.1. The number of hydrogen-bond acceptors (Lipinski definition) is 2. The van der Waals surface area contributed by atoms with Crippen LogP contribution in [0.15, 0.2) is 0 Å². The lowest BCUT2D eigenvalue weighted by atomic mass is 10.1. The molecule has 0 saturated heterocycles. The first-order valence-corrected chi connectivity index (χ1v) is 6.85. The van der Waals surface area contributed by atoms with Crippen LogP contribution in [0.4, 0.5) is 0 Å². The monoisotopic (exact) mass is 228 g/mol. The van der Waals surface area contributed by atoms with E-state index in [0.717, 1.165) is 6.42 Å². The average Bonchev–Trinajstić information content (AvgIpc) is 2.26. The fourth-order valence-electron chi connectivity index (χ4n) is 1.58. The molecule has 0 aliphatic rings. The van der Waals surface area contributed by atoms with Gasteiger partial charge in [0.1, 0.15) is 0 Å². The zero-order chi connectivity index (χ0) is 12.2. The molecule has 0 bridgehead atoms. The molecule has 0 unspecified atom stereocenters. The lowest BCUT2D eigenvalue weighted by Gasteiger charge is -2.06. The molecule has 0 saturated carbocycles. The van der Waals surface area contributed by atoms with Gasteiger partial charge in [0.05, 0.1) is 12.5 Å². The maximum absolute atomic E-state index is 11.1. The van der Waals surface area contributed by atoms with Crippen molar-refractivity contribution in [2.24, 2.45) is 5.92 Å². The lowest BCUT2D eigenvalue weighted by Crippen LogP contribution is -2.12. The van der Waals surface area contributed by atoms with Gasteiger partial charge in [0.2, 0.25) is 0 Å². The van der Waals surface area contributed by atoms with E-state index < -0.39 is 0 Å². The van der Waals surface area contributed by atoms with E-state index in [0.29, 0.717) is 6.61 Å². The van der Waals surface area contributed by atoms with Crippen molar-refractivity contribution >= 4 is 5.97 Å². The van der Waals surface area contributed by atoms with Crippen molar-refractivity contribution in [3.63, 3.8) is 0 Å². The minimum Gasteiger partial charge on any atom is -0.465 e. The van der Waals surface area contributed by atoms with Crippen molar-refractivity contribution in [2.45, 2.75) is 72.1 Å². The SMILES string of the molecule is CCCCCCCCCCOC(=O)C(C)C. The summed E-state index contributed by atoms with van der Waals surface area (Å²) in [6.45, 7) is 6.58. The van der Waals surface area contributed by atoms with E-state index in [9.17, 15) is 4.79 Å². The molecule has 0 aliphatic heterocycles. The van der Waals surface area contributed by atoms with Crippen LogP contribution in [0, 0.1) is 5.92 Å². The first kappa shape index (κ1) is 15.5. The van der Waals surface area contributed by atoms with Crippen molar-refractivity contribution in [3.05, 3.63) is 0 Å². The summed E-state index contributed by atoms with van der Waals surface area (Å²) in [5, 5.41) is 0. The summed E-state index contributed by atoms with van der Waals surface area (Å²) in [5.41, 5.74) is 0. The van der Waals surface area contributed by atoms with Crippen LogP contribution in [0.25, 0.3) is 0 Å². The van der Waals surface area contributed by atoms with Crippen LogP contribution in [-0.4, -0.2) is 12.6 Å².